The first-order valence-electron chi connectivity index (χ1n) is 5.89. The van der Waals surface area contributed by atoms with Crippen LogP contribution in [-0.4, -0.2) is 33.0 Å². The predicted molar refractivity (Wildman–Crippen MR) is 65.9 cm³/mol. The first kappa shape index (κ1) is 14.9. The fourth-order valence-electron chi connectivity index (χ4n) is 1.40. The highest BCUT2D eigenvalue weighted by Crippen LogP contribution is 2.01. The fourth-order valence-corrected chi connectivity index (χ4v) is 2.68. The van der Waals surface area contributed by atoms with E-state index in [2.05, 4.69) is 19.2 Å². The minimum Gasteiger partial charge on any atom is -0.316 e. The fraction of sp³-hybridized carbons (Fsp3) is 1.00. The summed E-state index contributed by atoms with van der Waals surface area (Å²) in [5.74, 6) is 1.33. The zero-order valence-corrected chi connectivity index (χ0v) is 11.1. The van der Waals surface area contributed by atoms with Crippen molar-refractivity contribution < 1.29 is 8.42 Å². The third kappa shape index (κ3) is 10.2. The van der Waals surface area contributed by atoms with Crippen molar-refractivity contribution in [3.05, 3.63) is 0 Å². The Bertz CT molecular complexity index is 235. The van der Waals surface area contributed by atoms with Gasteiger partial charge in [-0.15, -0.1) is 0 Å². The molecule has 0 bridgehead atoms. The van der Waals surface area contributed by atoms with Gasteiger partial charge in [0.25, 0.3) is 0 Å². The van der Waals surface area contributed by atoms with Crippen LogP contribution >= 0.6 is 0 Å². The van der Waals surface area contributed by atoms with Gasteiger partial charge < -0.3 is 5.32 Å². The van der Waals surface area contributed by atoms with Crippen LogP contribution < -0.4 is 5.32 Å². The minimum atomic E-state index is -2.80. The third-order valence-electron chi connectivity index (χ3n) is 2.24. The van der Waals surface area contributed by atoms with E-state index < -0.39 is 9.84 Å². The molecule has 15 heavy (non-hydrogen) atoms. The van der Waals surface area contributed by atoms with E-state index in [-0.39, 0.29) is 5.75 Å². The maximum atomic E-state index is 11.3. The van der Waals surface area contributed by atoms with E-state index in [4.69, 9.17) is 0 Å². The van der Waals surface area contributed by atoms with Gasteiger partial charge in [0.15, 0.2) is 9.84 Å². The first-order chi connectivity index (χ1) is 6.98. The summed E-state index contributed by atoms with van der Waals surface area (Å²) >= 11 is 0. The summed E-state index contributed by atoms with van der Waals surface area (Å²) in [5, 5.41) is 3.18. The van der Waals surface area contributed by atoms with Crippen LogP contribution in [0.25, 0.3) is 0 Å². The predicted octanol–water partition coefficient (Wildman–Crippen LogP) is 1.84. The maximum absolute atomic E-state index is 11.3. The lowest BCUT2D eigenvalue weighted by atomic mass is 10.1. The number of rotatable bonds is 9. The molecule has 0 atom stereocenters. The molecule has 92 valence electrons. The van der Waals surface area contributed by atoms with E-state index in [0.29, 0.717) is 12.3 Å². The van der Waals surface area contributed by atoms with Gasteiger partial charge in [0.2, 0.25) is 0 Å². The first-order valence-corrected chi connectivity index (χ1v) is 7.71. The van der Waals surface area contributed by atoms with Crippen molar-refractivity contribution in [2.75, 3.05) is 24.6 Å². The molecule has 0 unspecified atom stereocenters. The Morgan fingerprint density at radius 1 is 1.13 bits per heavy atom. The van der Waals surface area contributed by atoms with Crippen LogP contribution in [0.1, 0.15) is 40.0 Å². The number of hydrogen-bond acceptors (Lipinski definition) is 3. The lowest BCUT2D eigenvalue weighted by molar-refractivity contribution is 0.531. The van der Waals surface area contributed by atoms with Crippen LogP contribution in [0, 0.1) is 5.92 Å². The zero-order valence-electron chi connectivity index (χ0n) is 10.3. The molecular formula is C11H25NO2S. The highest BCUT2D eigenvalue weighted by atomic mass is 32.2. The summed E-state index contributed by atoms with van der Waals surface area (Å²) in [4.78, 5) is 0. The standard InChI is InChI=1S/C11H25NO2S/c1-4-9-15(13,14)10-8-12-7-5-6-11(2)3/h11-12H,4-10H2,1-3H3. The summed E-state index contributed by atoms with van der Waals surface area (Å²) in [6, 6.07) is 0. The zero-order chi connectivity index (χ0) is 11.7. The summed E-state index contributed by atoms with van der Waals surface area (Å²) in [5.41, 5.74) is 0. The Morgan fingerprint density at radius 2 is 1.80 bits per heavy atom. The molecule has 0 heterocycles. The van der Waals surface area contributed by atoms with E-state index in [1.165, 1.54) is 6.42 Å². The molecule has 0 radical (unpaired) electrons. The van der Waals surface area contributed by atoms with E-state index in [9.17, 15) is 8.42 Å². The molecule has 0 aliphatic heterocycles. The van der Waals surface area contributed by atoms with Gasteiger partial charge in [-0.25, -0.2) is 8.42 Å². The van der Waals surface area contributed by atoms with Crippen molar-refractivity contribution in [1.29, 1.82) is 0 Å². The second-order valence-corrected chi connectivity index (χ2v) is 6.74. The molecule has 0 aliphatic rings. The number of nitrogens with one attached hydrogen (secondary N) is 1. The molecule has 0 aromatic rings. The van der Waals surface area contributed by atoms with Gasteiger partial charge in [-0.3, -0.25) is 0 Å². The molecule has 0 aromatic carbocycles. The molecular weight excluding hydrogens is 210 g/mol. The topological polar surface area (TPSA) is 46.2 Å². The summed E-state index contributed by atoms with van der Waals surface area (Å²) in [7, 11) is -2.80. The Morgan fingerprint density at radius 3 is 2.33 bits per heavy atom. The van der Waals surface area contributed by atoms with Crippen LogP contribution in [0.3, 0.4) is 0 Å². The summed E-state index contributed by atoms with van der Waals surface area (Å²) in [6.45, 7) is 7.82. The Kier molecular flexibility index (Phi) is 8.06. The van der Waals surface area contributed by atoms with Gasteiger partial charge >= 0.3 is 0 Å². The van der Waals surface area contributed by atoms with Gasteiger partial charge in [0.1, 0.15) is 0 Å². The molecule has 0 rings (SSSR count). The van der Waals surface area contributed by atoms with Crippen LogP contribution in [0.4, 0.5) is 0 Å². The molecule has 0 fully saturated rings. The van der Waals surface area contributed by atoms with Gasteiger partial charge in [-0.05, 0) is 31.7 Å². The van der Waals surface area contributed by atoms with Crippen LogP contribution in [-0.2, 0) is 9.84 Å². The Labute approximate surface area is 94.6 Å². The molecule has 0 aromatic heterocycles. The van der Waals surface area contributed by atoms with E-state index in [1.807, 2.05) is 6.92 Å². The van der Waals surface area contributed by atoms with E-state index in [0.717, 1.165) is 25.3 Å². The van der Waals surface area contributed by atoms with Gasteiger partial charge in [-0.1, -0.05) is 20.8 Å². The Balaban J connectivity index is 3.38. The summed E-state index contributed by atoms with van der Waals surface area (Å²) in [6.07, 6.45) is 3.05. The second-order valence-electron chi connectivity index (χ2n) is 4.44. The number of hydrogen-bond donors (Lipinski definition) is 1. The second kappa shape index (κ2) is 8.11. The average Bonchev–Trinajstić information content (AvgIpc) is 2.10. The largest absolute Gasteiger partial charge is 0.316 e. The van der Waals surface area contributed by atoms with Crippen molar-refractivity contribution in [3.63, 3.8) is 0 Å². The lowest BCUT2D eigenvalue weighted by Crippen LogP contribution is -2.25. The summed E-state index contributed by atoms with van der Waals surface area (Å²) < 4.78 is 22.7. The van der Waals surface area contributed by atoms with E-state index in [1.54, 1.807) is 0 Å². The van der Waals surface area contributed by atoms with Gasteiger partial charge in [-0.2, -0.15) is 0 Å². The molecule has 0 saturated carbocycles. The third-order valence-corrected chi connectivity index (χ3v) is 4.10. The Hall–Kier alpha value is -0.0900. The molecule has 0 spiro atoms. The molecule has 3 nitrogen and oxygen atoms in total. The molecule has 0 amide bonds. The van der Waals surface area contributed by atoms with Crippen molar-refractivity contribution in [3.8, 4) is 0 Å². The van der Waals surface area contributed by atoms with Crippen molar-refractivity contribution in [2.24, 2.45) is 5.92 Å². The monoisotopic (exact) mass is 235 g/mol. The highest BCUT2D eigenvalue weighted by Gasteiger charge is 2.07. The maximum Gasteiger partial charge on any atom is 0.151 e. The quantitative estimate of drug-likeness (QED) is 0.620. The number of sulfone groups is 1. The molecule has 4 heteroatoms. The normalized spacial score (nSPS) is 12.3. The smallest absolute Gasteiger partial charge is 0.151 e. The average molecular weight is 235 g/mol. The van der Waals surface area contributed by atoms with Gasteiger partial charge in [0.05, 0.1) is 5.75 Å². The van der Waals surface area contributed by atoms with Gasteiger partial charge in [0, 0.05) is 12.3 Å². The molecule has 1 N–H and O–H groups in total. The molecule has 0 aliphatic carbocycles. The SMILES string of the molecule is CCCS(=O)(=O)CCNCCCC(C)C. The van der Waals surface area contributed by atoms with Crippen LogP contribution in [0.15, 0.2) is 0 Å². The van der Waals surface area contributed by atoms with Crippen molar-refractivity contribution in [2.45, 2.75) is 40.0 Å². The van der Waals surface area contributed by atoms with Crippen molar-refractivity contribution >= 4 is 9.84 Å². The van der Waals surface area contributed by atoms with Crippen LogP contribution in [0.5, 0.6) is 0 Å². The lowest BCUT2D eigenvalue weighted by Gasteiger charge is -2.06. The van der Waals surface area contributed by atoms with E-state index >= 15 is 0 Å². The molecule has 0 saturated heterocycles. The van der Waals surface area contributed by atoms with Crippen LogP contribution in [0.2, 0.25) is 0 Å². The highest BCUT2D eigenvalue weighted by molar-refractivity contribution is 7.91. The minimum absolute atomic E-state index is 0.280. The van der Waals surface area contributed by atoms with Crippen molar-refractivity contribution in [1.82, 2.24) is 5.32 Å².